The second kappa shape index (κ2) is 9.15. The minimum absolute atomic E-state index is 0.0163. The molecule has 1 aromatic rings. The van der Waals surface area contributed by atoms with Gasteiger partial charge in [-0.1, -0.05) is 32.9 Å². The molecule has 0 bridgehead atoms. The fourth-order valence-corrected chi connectivity index (χ4v) is 5.90. The van der Waals surface area contributed by atoms with Gasteiger partial charge in [0.25, 0.3) is 5.91 Å². The van der Waals surface area contributed by atoms with E-state index in [2.05, 4.69) is 31.4 Å². The highest BCUT2D eigenvalue weighted by molar-refractivity contribution is 7.17. The van der Waals surface area contributed by atoms with Gasteiger partial charge in [-0.25, -0.2) is 0 Å². The molecule has 0 saturated carbocycles. The summed E-state index contributed by atoms with van der Waals surface area (Å²) in [7, 11) is 0. The van der Waals surface area contributed by atoms with E-state index in [0.717, 1.165) is 29.7 Å². The molecule has 3 atom stereocenters. The van der Waals surface area contributed by atoms with Gasteiger partial charge in [0.2, 0.25) is 5.91 Å². The molecule has 1 aromatic heterocycles. The van der Waals surface area contributed by atoms with Gasteiger partial charge in [-0.3, -0.25) is 14.4 Å². The monoisotopic (exact) mass is 446 g/mol. The number of carbonyl (C=O) groups excluding carboxylic acids is 2. The van der Waals surface area contributed by atoms with E-state index >= 15 is 0 Å². The Labute approximate surface area is 188 Å². The van der Waals surface area contributed by atoms with Gasteiger partial charge in [0.15, 0.2) is 0 Å². The van der Waals surface area contributed by atoms with E-state index in [4.69, 9.17) is 0 Å². The van der Waals surface area contributed by atoms with Crippen molar-refractivity contribution in [3.63, 3.8) is 0 Å². The summed E-state index contributed by atoms with van der Waals surface area (Å²) in [5.41, 5.74) is 1.78. The first-order chi connectivity index (χ1) is 14.5. The Bertz CT molecular complexity index is 894. The predicted octanol–water partition coefficient (Wildman–Crippen LogP) is 4.64. The van der Waals surface area contributed by atoms with E-state index < -0.39 is 17.8 Å². The molecule has 31 heavy (non-hydrogen) atoms. The molecular formula is C24H34N2O4S. The number of hydrogen-bond acceptors (Lipinski definition) is 4. The van der Waals surface area contributed by atoms with Gasteiger partial charge in [-0.2, -0.15) is 0 Å². The number of nitrogens with one attached hydrogen (secondary N) is 2. The van der Waals surface area contributed by atoms with Crippen LogP contribution in [-0.2, 0) is 22.4 Å². The molecule has 170 valence electrons. The first-order valence-electron chi connectivity index (χ1n) is 11.1. The fourth-order valence-electron chi connectivity index (χ4n) is 4.57. The van der Waals surface area contributed by atoms with Gasteiger partial charge < -0.3 is 15.7 Å². The summed E-state index contributed by atoms with van der Waals surface area (Å²) >= 11 is 1.48. The maximum absolute atomic E-state index is 13.1. The summed E-state index contributed by atoms with van der Waals surface area (Å²) in [6.45, 7) is 10.6. The molecule has 0 aliphatic heterocycles. The van der Waals surface area contributed by atoms with Gasteiger partial charge >= 0.3 is 5.97 Å². The number of amides is 2. The number of aliphatic carboxylic acids is 1. The number of thiophene rings is 1. The summed E-state index contributed by atoms with van der Waals surface area (Å²) < 4.78 is 0. The van der Waals surface area contributed by atoms with Gasteiger partial charge in [-0.15, -0.1) is 11.3 Å². The summed E-state index contributed by atoms with van der Waals surface area (Å²) in [5.74, 6) is -2.30. The van der Waals surface area contributed by atoms with E-state index in [0.29, 0.717) is 29.3 Å². The topological polar surface area (TPSA) is 95.5 Å². The zero-order valence-corrected chi connectivity index (χ0v) is 19.9. The predicted molar refractivity (Wildman–Crippen MR) is 124 cm³/mol. The first kappa shape index (κ1) is 23.5. The molecular weight excluding hydrogens is 412 g/mol. The van der Waals surface area contributed by atoms with Gasteiger partial charge in [0, 0.05) is 10.9 Å². The Balaban J connectivity index is 1.93. The average molecular weight is 447 g/mol. The third kappa shape index (κ3) is 5.20. The Morgan fingerprint density at radius 1 is 1.13 bits per heavy atom. The second-order valence-corrected chi connectivity index (χ2v) is 11.2. The number of carboxylic acid groups (broad SMARTS) is 1. The van der Waals surface area contributed by atoms with Crippen LogP contribution in [0.25, 0.3) is 0 Å². The number of fused-ring (bicyclic) bond motifs is 1. The lowest BCUT2D eigenvalue weighted by molar-refractivity contribution is -0.146. The van der Waals surface area contributed by atoms with Crippen LogP contribution in [0.4, 0.5) is 5.00 Å². The van der Waals surface area contributed by atoms with Crippen molar-refractivity contribution >= 4 is 34.1 Å². The highest BCUT2D eigenvalue weighted by Crippen LogP contribution is 2.44. The van der Waals surface area contributed by atoms with E-state index in [9.17, 15) is 19.5 Å². The molecule has 0 radical (unpaired) electrons. The number of carbonyl (C=O) groups is 3. The smallest absolute Gasteiger partial charge is 0.307 e. The maximum atomic E-state index is 13.1. The van der Waals surface area contributed by atoms with Crippen molar-refractivity contribution in [1.82, 2.24) is 5.32 Å². The van der Waals surface area contributed by atoms with Crippen LogP contribution in [0.5, 0.6) is 0 Å². The van der Waals surface area contributed by atoms with Crippen LogP contribution in [0.15, 0.2) is 12.2 Å². The van der Waals surface area contributed by atoms with Crippen LogP contribution in [0.2, 0.25) is 0 Å². The van der Waals surface area contributed by atoms with Crippen LogP contribution in [0.1, 0.15) is 74.7 Å². The van der Waals surface area contributed by atoms with Crippen molar-refractivity contribution in [1.29, 1.82) is 0 Å². The molecule has 2 aliphatic carbocycles. The molecule has 0 spiro atoms. The minimum atomic E-state index is -0.958. The Kier molecular flexibility index (Phi) is 6.94. The summed E-state index contributed by atoms with van der Waals surface area (Å²) in [6.07, 6.45) is 7.15. The van der Waals surface area contributed by atoms with Gasteiger partial charge in [0.05, 0.1) is 17.4 Å². The average Bonchev–Trinajstić information content (AvgIpc) is 3.03. The molecule has 2 amide bonds. The molecule has 2 aliphatic rings. The normalized spacial score (nSPS) is 23.4. The van der Waals surface area contributed by atoms with Crippen LogP contribution in [-0.4, -0.2) is 28.9 Å². The lowest BCUT2D eigenvalue weighted by Gasteiger charge is -2.33. The van der Waals surface area contributed by atoms with Gasteiger partial charge in [-0.05, 0) is 62.8 Å². The standard InChI is InChI=1S/C24H34N2O4S/c1-13(2)25-21(28)19-17-11-10-14(24(3,4)5)12-18(17)31-22(19)26-20(27)15-8-6-7-9-16(15)23(29)30/h6-7,13-16H,8-12H2,1-5H3,(H,25,28)(H,26,27)(H,29,30)/t14-,15+,16-/m0/s1. The molecule has 0 saturated heterocycles. The fraction of sp³-hybridized carbons (Fsp3) is 0.625. The van der Waals surface area contributed by atoms with Gasteiger partial charge in [0.1, 0.15) is 5.00 Å². The number of rotatable bonds is 5. The summed E-state index contributed by atoms with van der Waals surface area (Å²) in [4.78, 5) is 38.9. The number of hydrogen-bond donors (Lipinski definition) is 3. The molecule has 7 heteroatoms. The number of allylic oxidation sites excluding steroid dienone is 2. The van der Waals surface area contributed by atoms with Crippen molar-refractivity contribution in [3.05, 3.63) is 28.2 Å². The Morgan fingerprint density at radius 3 is 2.35 bits per heavy atom. The third-order valence-electron chi connectivity index (χ3n) is 6.46. The zero-order valence-electron chi connectivity index (χ0n) is 19.1. The second-order valence-electron chi connectivity index (χ2n) is 10.1. The van der Waals surface area contributed by atoms with Crippen molar-refractivity contribution in [3.8, 4) is 0 Å². The van der Waals surface area contributed by atoms with Crippen LogP contribution < -0.4 is 10.6 Å². The molecule has 1 heterocycles. The highest BCUT2D eigenvalue weighted by Gasteiger charge is 2.37. The number of carboxylic acids is 1. The SMILES string of the molecule is CC(C)NC(=O)c1c(NC(=O)[C@@H]2CC=CC[C@@H]2C(=O)O)sc2c1CC[C@H](C(C)(C)C)C2. The third-order valence-corrected chi connectivity index (χ3v) is 7.63. The largest absolute Gasteiger partial charge is 0.481 e. The van der Waals surface area contributed by atoms with E-state index in [1.807, 2.05) is 26.0 Å². The van der Waals surface area contributed by atoms with Crippen molar-refractivity contribution in [2.24, 2.45) is 23.2 Å². The van der Waals surface area contributed by atoms with E-state index in [-0.39, 0.29) is 23.3 Å². The van der Waals surface area contributed by atoms with Crippen LogP contribution in [0, 0.1) is 23.2 Å². The lowest BCUT2D eigenvalue weighted by Crippen LogP contribution is -2.35. The summed E-state index contributed by atoms with van der Waals surface area (Å²) in [5, 5.41) is 16.0. The lowest BCUT2D eigenvalue weighted by atomic mass is 9.72. The highest BCUT2D eigenvalue weighted by atomic mass is 32.1. The number of anilines is 1. The molecule has 6 nitrogen and oxygen atoms in total. The zero-order chi connectivity index (χ0) is 22.9. The maximum Gasteiger partial charge on any atom is 0.307 e. The Morgan fingerprint density at radius 2 is 1.77 bits per heavy atom. The van der Waals surface area contributed by atoms with E-state index in [1.165, 1.54) is 11.3 Å². The van der Waals surface area contributed by atoms with E-state index in [1.54, 1.807) is 0 Å². The van der Waals surface area contributed by atoms with Crippen molar-refractivity contribution in [2.75, 3.05) is 5.32 Å². The molecule has 0 fully saturated rings. The quantitative estimate of drug-likeness (QED) is 0.574. The van der Waals surface area contributed by atoms with Crippen LogP contribution >= 0.6 is 11.3 Å². The molecule has 3 N–H and O–H groups in total. The molecule has 3 rings (SSSR count). The molecule has 0 aromatic carbocycles. The van der Waals surface area contributed by atoms with Crippen molar-refractivity contribution < 1.29 is 19.5 Å². The minimum Gasteiger partial charge on any atom is -0.481 e. The van der Waals surface area contributed by atoms with Crippen LogP contribution in [0.3, 0.4) is 0 Å². The summed E-state index contributed by atoms with van der Waals surface area (Å²) in [6, 6.07) is -0.0163. The first-order valence-corrected chi connectivity index (χ1v) is 11.9. The Hall–Kier alpha value is -2.15. The molecule has 0 unspecified atom stereocenters. The van der Waals surface area contributed by atoms with Crippen molar-refractivity contribution in [2.45, 2.75) is 72.8 Å².